The van der Waals surface area contributed by atoms with E-state index < -0.39 is 8.30 Å². The van der Waals surface area contributed by atoms with Gasteiger partial charge in [0, 0.05) is 0 Å². The van der Waals surface area contributed by atoms with Gasteiger partial charge in [-0.15, -0.1) is 11.6 Å². The van der Waals surface area contributed by atoms with Crippen LogP contribution in [0.4, 0.5) is 5.69 Å². The first-order chi connectivity index (χ1) is 5.40. The van der Waals surface area contributed by atoms with Crippen molar-refractivity contribution in [3.05, 3.63) is 24.3 Å². The molecular weight excluding hydrogens is 181 g/mol. The number of nitrogens with one attached hydrogen (secondary N) is 1. The van der Waals surface area contributed by atoms with E-state index in [1.165, 1.54) is 0 Å². The standard InChI is InChI=1S/C7H7ClNOP/c8-5-11-9-6-3-1-2-4-7(6)10-11/h1-4,9H,5H2. The normalized spacial score (nSPS) is 20.3. The lowest BCUT2D eigenvalue weighted by atomic mass is 10.3. The lowest BCUT2D eigenvalue weighted by Gasteiger charge is -2.03. The number of anilines is 1. The molecule has 1 unspecified atom stereocenters. The van der Waals surface area contributed by atoms with Crippen LogP contribution in [0.1, 0.15) is 0 Å². The minimum atomic E-state index is -0.654. The number of halogens is 1. The van der Waals surface area contributed by atoms with Crippen molar-refractivity contribution < 1.29 is 4.52 Å². The molecule has 11 heavy (non-hydrogen) atoms. The van der Waals surface area contributed by atoms with Gasteiger partial charge in [0.1, 0.15) is 5.75 Å². The average Bonchev–Trinajstić information content (AvgIpc) is 2.46. The first kappa shape index (κ1) is 7.20. The molecule has 1 aromatic rings. The predicted octanol–water partition coefficient (Wildman–Crippen LogP) is 3.00. The van der Waals surface area contributed by atoms with E-state index in [-0.39, 0.29) is 0 Å². The van der Waals surface area contributed by atoms with Crippen LogP contribution >= 0.6 is 19.9 Å². The lowest BCUT2D eigenvalue weighted by molar-refractivity contribution is 0.639. The molecule has 1 aromatic carbocycles. The van der Waals surface area contributed by atoms with Gasteiger partial charge in [-0.1, -0.05) is 12.1 Å². The third kappa shape index (κ3) is 1.29. The average molecular weight is 188 g/mol. The van der Waals surface area contributed by atoms with E-state index in [0.717, 1.165) is 11.4 Å². The van der Waals surface area contributed by atoms with Crippen LogP contribution in [-0.2, 0) is 0 Å². The highest BCUT2D eigenvalue weighted by atomic mass is 35.5. The summed E-state index contributed by atoms with van der Waals surface area (Å²) in [7, 11) is -0.654. The Balaban J connectivity index is 2.27. The second kappa shape index (κ2) is 2.88. The molecule has 58 valence electrons. The summed E-state index contributed by atoms with van der Waals surface area (Å²) in [6.45, 7) is 0. The molecule has 0 bridgehead atoms. The van der Waals surface area contributed by atoms with Crippen molar-refractivity contribution in [3.63, 3.8) is 0 Å². The fourth-order valence-electron chi connectivity index (χ4n) is 0.969. The number of hydrogen-bond acceptors (Lipinski definition) is 2. The molecule has 2 rings (SSSR count). The summed E-state index contributed by atoms with van der Waals surface area (Å²) >= 11 is 5.64. The number of hydrogen-bond donors (Lipinski definition) is 1. The van der Waals surface area contributed by atoms with E-state index in [2.05, 4.69) is 5.09 Å². The van der Waals surface area contributed by atoms with Gasteiger partial charge in [0.25, 0.3) is 0 Å². The van der Waals surface area contributed by atoms with Crippen molar-refractivity contribution in [2.75, 3.05) is 10.7 Å². The van der Waals surface area contributed by atoms with E-state index in [0.29, 0.717) is 5.62 Å². The predicted molar refractivity (Wildman–Crippen MR) is 48.3 cm³/mol. The van der Waals surface area contributed by atoms with Gasteiger partial charge in [-0.3, -0.25) is 0 Å². The Morgan fingerprint density at radius 3 is 3.00 bits per heavy atom. The zero-order valence-corrected chi connectivity index (χ0v) is 7.40. The number of alkyl halides is 1. The van der Waals surface area contributed by atoms with Crippen LogP contribution in [0.15, 0.2) is 24.3 Å². The van der Waals surface area contributed by atoms with Gasteiger partial charge in [0.15, 0.2) is 0 Å². The van der Waals surface area contributed by atoms with Crippen molar-refractivity contribution in [2.45, 2.75) is 0 Å². The molecule has 0 aliphatic carbocycles. The van der Waals surface area contributed by atoms with Gasteiger partial charge in [-0.2, -0.15) is 0 Å². The van der Waals surface area contributed by atoms with Crippen LogP contribution in [0.2, 0.25) is 0 Å². The van der Waals surface area contributed by atoms with Crippen molar-refractivity contribution in [1.82, 2.24) is 0 Å². The first-order valence-corrected chi connectivity index (χ1v) is 5.25. The Morgan fingerprint density at radius 2 is 2.27 bits per heavy atom. The Bertz CT molecular complexity index is 243. The summed E-state index contributed by atoms with van der Waals surface area (Å²) in [6.07, 6.45) is 0. The highest BCUT2D eigenvalue weighted by molar-refractivity contribution is 7.56. The maximum Gasteiger partial charge on any atom is 0.204 e. The van der Waals surface area contributed by atoms with Crippen molar-refractivity contribution in [2.24, 2.45) is 0 Å². The Labute approximate surface area is 71.4 Å². The second-order valence-electron chi connectivity index (χ2n) is 2.20. The van der Waals surface area contributed by atoms with E-state index >= 15 is 0 Å². The van der Waals surface area contributed by atoms with Gasteiger partial charge >= 0.3 is 0 Å². The Hall–Kier alpha value is -0.460. The fourth-order valence-corrected chi connectivity index (χ4v) is 2.30. The molecule has 0 amide bonds. The van der Waals surface area contributed by atoms with Crippen LogP contribution in [0.5, 0.6) is 5.75 Å². The van der Waals surface area contributed by atoms with Crippen LogP contribution in [0.3, 0.4) is 0 Å². The molecule has 0 fully saturated rings. The molecule has 1 heterocycles. The monoisotopic (exact) mass is 187 g/mol. The fraction of sp³-hybridized carbons (Fsp3) is 0.143. The largest absolute Gasteiger partial charge is 0.450 e. The van der Waals surface area contributed by atoms with Crippen molar-refractivity contribution in [1.29, 1.82) is 0 Å². The maximum atomic E-state index is 5.64. The quantitative estimate of drug-likeness (QED) is 0.539. The summed E-state index contributed by atoms with van der Waals surface area (Å²) in [5.41, 5.74) is 1.59. The molecule has 2 nitrogen and oxygen atoms in total. The third-order valence-corrected chi connectivity index (χ3v) is 3.23. The lowest BCUT2D eigenvalue weighted by Crippen LogP contribution is -1.86. The molecule has 4 heteroatoms. The maximum absolute atomic E-state index is 5.64. The number of benzene rings is 1. The van der Waals surface area contributed by atoms with E-state index in [1.54, 1.807) is 0 Å². The molecule has 0 spiro atoms. The van der Waals surface area contributed by atoms with Gasteiger partial charge in [-0.05, 0) is 12.1 Å². The first-order valence-electron chi connectivity index (χ1n) is 3.27. The molecule has 1 atom stereocenters. The molecule has 1 aliphatic heterocycles. The zero-order chi connectivity index (χ0) is 7.68. The minimum absolute atomic E-state index is 0.532. The van der Waals surface area contributed by atoms with Crippen molar-refractivity contribution in [3.8, 4) is 5.75 Å². The number of para-hydroxylation sites is 2. The van der Waals surface area contributed by atoms with Gasteiger partial charge in [0.2, 0.25) is 8.30 Å². The molecule has 0 radical (unpaired) electrons. The Kier molecular flexibility index (Phi) is 1.89. The minimum Gasteiger partial charge on any atom is -0.450 e. The van der Waals surface area contributed by atoms with Crippen LogP contribution in [0, 0.1) is 0 Å². The summed E-state index contributed by atoms with van der Waals surface area (Å²) in [5, 5.41) is 3.19. The highest BCUT2D eigenvalue weighted by Gasteiger charge is 2.20. The third-order valence-electron chi connectivity index (χ3n) is 1.45. The van der Waals surface area contributed by atoms with Crippen LogP contribution in [-0.4, -0.2) is 5.62 Å². The SMILES string of the molecule is ClCP1Nc2ccccc2O1. The number of fused-ring (bicyclic) bond motifs is 1. The molecule has 0 aromatic heterocycles. The smallest absolute Gasteiger partial charge is 0.204 e. The van der Waals surface area contributed by atoms with E-state index in [1.807, 2.05) is 24.3 Å². The van der Waals surface area contributed by atoms with Crippen LogP contribution in [0.25, 0.3) is 0 Å². The number of rotatable bonds is 1. The summed E-state index contributed by atoms with van der Waals surface area (Å²) < 4.78 is 5.48. The summed E-state index contributed by atoms with van der Waals surface area (Å²) in [5.74, 6) is 0.916. The second-order valence-corrected chi connectivity index (χ2v) is 4.32. The molecule has 0 saturated heterocycles. The molecule has 0 saturated carbocycles. The molecule has 1 N–H and O–H groups in total. The van der Waals surface area contributed by atoms with Gasteiger partial charge < -0.3 is 9.61 Å². The highest BCUT2D eigenvalue weighted by Crippen LogP contribution is 2.49. The zero-order valence-electron chi connectivity index (χ0n) is 5.75. The van der Waals surface area contributed by atoms with Crippen LogP contribution < -0.4 is 9.61 Å². The summed E-state index contributed by atoms with van der Waals surface area (Å²) in [6, 6.07) is 7.86. The molecule has 1 aliphatic rings. The van der Waals surface area contributed by atoms with Gasteiger partial charge in [-0.25, -0.2) is 0 Å². The van der Waals surface area contributed by atoms with E-state index in [4.69, 9.17) is 16.1 Å². The van der Waals surface area contributed by atoms with Crippen molar-refractivity contribution >= 4 is 25.6 Å². The topological polar surface area (TPSA) is 21.3 Å². The molecular formula is C7H7ClNOP. The van der Waals surface area contributed by atoms with E-state index in [9.17, 15) is 0 Å². The summed E-state index contributed by atoms with van der Waals surface area (Å²) in [4.78, 5) is 0. The Morgan fingerprint density at radius 1 is 1.45 bits per heavy atom. The van der Waals surface area contributed by atoms with Gasteiger partial charge in [0.05, 0.1) is 11.3 Å².